The van der Waals surface area contributed by atoms with Crippen molar-refractivity contribution in [3.8, 4) is 0 Å². The molecule has 1 aromatic rings. The molecule has 3 atom stereocenters. The number of carbonyl (C=O) groups excluding carboxylic acids is 1. The van der Waals surface area contributed by atoms with Gasteiger partial charge in [0, 0.05) is 5.41 Å². The Kier molecular flexibility index (Phi) is 2.62. The van der Waals surface area contributed by atoms with Crippen molar-refractivity contribution in [2.24, 2.45) is 5.41 Å². The highest BCUT2D eigenvalue weighted by Gasteiger charge is 2.52. The van der Waals surface area contributed by atoms with Crippen molar-refractivity contribution in [2.75, 3.05) is 7.05 Å². The van der Waals surface area contributed by atoms with Crippen molar-refractivity contribution in [1.29, 1.82) is 0 Å². The van der Waals surface area contributed by atoms with Crippen LogP contribution < -0.4 is 0 Å². The van der Waals surface area contributed by atoms with E-state index in [1.165, 1.54) is 5.56 Å². The number of hydrogen-bond acceptors (Lipinski definition) is 2. The molecule has 2 rings (SSSR count). The lowest BCUT2D eigenvalue weighted by Gasteiger charge is -2.15. The first-order valence-corrected chi connectivity index (χ1v) is 5.74. The summed E-state index contributed by atoms with van der Waals surface area (Å²) < 4.78 is 0. The van der Waals surface area contributed by atoms with E-state index in [4.69, 9.17) is 0 Å². The molecule has 1 unspecified atom stereocenters. The monoisotopic (exact) mass is 217 g/mol. The third-order valence-electron chi connectivity index (χ3n) is 3.24. The molecule has 86 valence electrons. The van der Waals surface area contributed by atoms with Gasteiger partial charge >= 0.3 is 0 Å². The van der Waals surface area contributed by atoms with Gasteiger partial charge in [-0.3, -0.25) is 9.69 Å². The van der Waals surface area contributed by atoms with Crippen molar-refractivity contribution in [3.63, 3.8) is 0 Å². The quantitative estimate of drug-likeness (QED) is 0.710. The van der Waals surface area contributed by atoms with Gasteiger partial charge in [-0.15, -0.1) is 0 Å². The summed E-state index contributed by atoms with van der Waals surface area (Å²) in [5.74, 6) is 0.337. The van der Waals surface area contributed by atoms with E-state index < -0.39 is 0 Å². The Labute approximate surface area is 97.3 Å². The van der Waals surface area contributed by atoms with Gasteiger partial charge < -0.3 is 0 Å². The number of carbonyl (C=O) groups is 1. The first kappa shape index (κ1) is 11.3. The fourth-order valence-corrected chi connectivity index (χ4v) is 2.18. The molecular weight excluding hydrogens is 198 g/mol. The topological polar surface area (TPSA) is 20.1 Å². The summed E-state index contributed by atoms with van der Waals surface area (Å²) in [6, 6.07) is 10.6. The van der Waals surface area contributed by atoms with Gasteiger partial charge in [0.15, 0.2) is 5.78 Å². The van der Waals surface area contributed by atoms with Crippen LogP contribution in [0.25, 0.3) is 0 Å². The molecule has 0 spiro atoms. The Morgan fingerprint density at radius 2 is 1.75 bits per heavy atom. The van der Waals surface area contributed by atoms with Gasteiger partial charge in [-0.25, -0.2) is 0 Å². The van der Waals surface area contributed by atoms with Crippen LogP contribution in [-0.2, 0) is 4.79 Å². The molecule has 16 heavy (non-hydrogen) atoms. The van der Waals surface area contributed by atoms with Crippen molar-refractivity contribution in [1.82, 2.24) is 4.90 Å². The van der Waals surface area contributed by atoms with Gasteiger partial charge in [-0.05, 0) is 12.6 Å². The molecule has 2 nitrogen and oxygen atoms in total. The lowest BCUT2D eigenvalue weighted by Crippen LogP contribution is -2.27. The van der Waals surface area contributed by atoms with Crippen LogP contribution in [0.2, 0.25) is 0 Å². The zero-order valence-electron chi connectivity index (χ0n) is 10.4. The number of benzene rings is 1. The normalized spacial score (nSPS) is 28.9. The van der Waals surface area contributed by atoms with Gasteiger partial charge in [0.2, 0.25) is 0 Å². The van der Waals surface area contributed by atoms with Crippen LogP contribution in [0.3, 0.4) is 0 Å². The Morgan fingerprint density at radius 3 is 2.25 bits per heavy atom. The zero-order chi connectivity index (χ0) is 11.9. The molecule has 0 amide bonds. The summed E-state index contributed by atoms with van der Waals surface area (Å²) in [6.07, 6.45) is 0. The molecule has 1 aliphatic rings. The SMILES string of the molecule is CN1[C@H](c2ccccc2)[C@@H]1C(=O)C(C)(C)C. The second-order valence-corrected chi connectivity index (χ2v) is 5.58. The average molecular weight is 217 g/mol. The second kappa shape index (κ2) is 3.70. The van der Waals surface area contributed by atoms with Crippen molar-refractivity contribution in [2.45, 2.75) is 32.9 Å². The third-order valence-corrected chi connectivity index (χ3v) is 3.24. The number of Topliss-reactive ketones (excluding diaryl/α,β-unsaturated/α-hetero) is 1. The van der Waals surface area contributed by atoms with Crippen LogP contribution in [0.1, 0.15) is 32.4 Å². The van der Waals surface area contributed by atoms with Crippen LogP contribution in [0.5, 0.6) is 0 Å². The first-order valence-electron chi connectivity index (χ1n) is 5.74. The predicted octanol–water partition coefficient (Wildman–Crippen LogP) is 2.66. The Morgan fingerprint density at radius 1 is 1.19 bits per heavy atom. The van der Waals surface area contributed by atoms with Crippen LogP contribution in [0, 0.1) is 5.41 Å². The van der Waals surface area contributed by atoms with E-state index in [1.807, 2.05) is 46.0 Å². The highest BCUT2D eigenvalue weighted by atomic mass is 16.1. The Hall–Kier alpha value is -1.15. The second-order valence-electron chi connectivity index (χ2n) is 5.58. The third kappa shape index (κ3) is 1.90. The number of likely N-dealkylation sites (N-methyl/N-ethyl adjacent to an activating group) is 1. The number of hydrogen-bond donors (Lipinski definition) is 0. The highest BCUT2D eigenvalue weighted by molar-refractivity contribution is 5.92. The standard InChI is InChI=1S/C14H19NO/c1-14(2,3)13(16)12-11(15(12)4)10-8-6-5-7-9-10/h5-9,11-12H,1-4H3/t11-,12-,15?/m1/s1. The van der Waals surface area contributed by atoms with Gasteiger partial charge in [0.1, 0.15) is 0 Å². The summed E-state index contributed by atoms with van der Waals surface area (Å²) in [6.45, 7) is 5.97. The minimum Gasteiger partial charge on any atom is -0.297 e. The zero-order valence-corrected chi connectivity index (χ0v) is 10.4. The van der Waals surface area contributed by atoms with E-state index in [1.54, 1.807) is 0 Å². The van der Waals surface area contributed by atoms with E-state index in [2.05, 4.69) is 17.0 Å². The smallest absolute Gasteiger partial charge is 0.157 e. The Bertz CT molecular complexity index is 391. The molecule has 0 saturated carbocycles. The number of ketones is 1. The molecule has 1 fully saturated rings. The van der Waals surface area contributed by atoms with Gasteiger partial charge in [-0.2, -0.15) is 0 Å². The predicted molar refractivity (Wildman–Crippen MR) is 65.2 cm³/mol. The molecule has 0 aromatic heterocycles. The molecule has 0 aliphatic carbocycles. The van der Waals surface area contributed by atoms with E-state index in [0.717, 1.165) is 0 Å². The molecular formula is C14H19NO. The fraction of sp³-hybridized carbons (Fsp3) is 0.500. The Balaban J connectivity index is 2.16. The maximum atomic E-state index is 12.2. The van der Waals surface area contributed by atoms with Crippen LogP contribution in [0.4, 0.5) is 0 Å². The maximum Gasteiger partial charge on any atom is 0.157 e. The molecule has 0 radical (unpaired) electrons. The summed E-state index contributed by atoms with van der Waals surface area (Å²) in [5.41, 5.74) is 0.996. The van der Waals surface area contributed by atoms with Crippen LogP contribution in [0.15, 0.2) is 30.3 Å². The molecule has 1 heterocycles. The van der Waals surface area contributed by atoms with Crippen molar-refractivity contribution in [3.05, 3.63) is 35.9 Å². The van der Waals surface area contributed by atoms with Crippen molar-refractivity contribution >= 4 is 5.78 Å². The lowest BCUT2D eigenvalue weighted by atomic mass is 9.87. The van der Waals surface area contributed by atoms with Crippen LogP contribution in [-0.4, -0.2) is 23.8 Å². The molecule has 0 N–H and O–H groups in total. The number of rotatable bonds is 2. The summed E-state index contributed by atoms with van der Waals surface area (Å²) in [4.78, 5) is 14.3. The largest absolute Gasteiger partial charge is 0.297 e. The van der Waals surface area contributed by atoms with Gasteiger partial charge in [-0.1, -0.05) is 51.1 Å². The summed E-state index contributed by atoms with van der Waals surface area (Å²) in [5, 5.41) is 0. The molecule has 1 aromatic carbocycles. The van der Waals surface area contributed by atoms with E-state index in [-0.39, 0.29) is 17.5 Å². The summed E-state index contributed by atoms with van der Waals surface area (Å²) >= 11 is 0. The minimum absolute atomic E-state index is 0.0717. The lowest BCUT2D eigenvalue weighted by molar-refractivity contribution is -0.126. The van der Waals surface area contributed by atoms with E-state index >= 15 is 0 Å². The molecule has 1 saturated heterocycles. The minimum atomic E-state index is -0.248. The summed E-state index contributed by atoms with van der Waals surface area (Å²) in [7, 11) is 2.02. The maximum absolute atomic E-state index is 12.2. The van der Waals surface area contributed by atoms with Crippen molar-refractivity contribution < 1.29 is 4.79 Å². The average Bonchev–Trinajstić information content (AvgIpc) is 2.88. The molecule has 0 bridgehead atoms. The highest BCUT2D eigenvalue weighted by Crippen LogP contribution is 2.44. The van der Waals surface area contributed by atoms with Crippen LogP contribution >= 0.6 is 0 Å². The van der Waals surface area contributed by atoms with Gasteiger partial charge in [0.05, 0.1) is 12.1 Å². The van der Waals surface area contributed by atoms with E-state index in [0.29, 0.717) is 5.78 Å². The van der Waals surface area contributed by atoms with E-state index in [9.17, 15) is 4.79 Å². The first-order chi connectivity index (χ1) is 7.43. The molecule has 2 heteroatoms. The molecule has 1 aliphatic heterocycles. The fourth-order valence-electron chi connectivity index (χ4n) is 2.18. The van der Waals surface area contributed by atoms with Gasteiger partial charge in [0.25, 0.3) is 0 Å². The number of nitrogens with zero attached hydrogens (tertiary/aromatic N) is 1.